The minimum atomic E-state index is 0.735. The molecule has 0 radical (unpaired) electrons. The number of nitrogens with zero attached hydrogens (tertiary/aromatic N) is 1. The molecule has 0 spiro atoms. The van der Waals surface area contributed by atoms with E-state index in [0.717, 1.165) is 36.6 Å². The lowest BCUT2D eigenvalue weighted by atomic mass is 10.2. The molecule has 18 heavy (non-hydrogen) atoms. The Morgan fingerprint density at radius 2 is 1.94 bits per heavy atom. The van der Waals surface area contributed by atoms with Gasteiger partial charge >= 0.3 is 0 Å². The van der Waals surface area contributed by atoms with Gasteiger partial charge in [-0.25, -0.2) is 4.99 Å². The Kier molecular flexibility index (Phi) is 5.98. The Balaban J connectivity index is 2.44. The van der Waals surface area contributed by atoms with Gasteiger partial charge in [-0.2, -0.15) is 0 Å². The van der Waals surface area contributed by atoms with Gasteiger partial charge in [-0.05, 0) is 31.0 Å². The Morgan fingerprint density at radius 1 is 1.28 bits per heavy atom. The Bertz CT molecular complexity index is 404. The van der Waals surface area contributed by atoms with Crippen LogP contribution in [0.3, 0.4) is 0 Å². The van der Waals surface area contributed by atoms with Gasteiger partial charge in [0.2, 0.25) is 0 Å². The van der Waals surface area contributed by atoms with Crippen LogP contribution >= 0.6 is 0 Å². The summed E-state index contributed by atoms with van der Waals surface area (Å²) in [6.07, 6.45) is 2.14. The van der Waals surface area contributed by atoms with Gasteiger partial charge in [0.25, 0.3) is 0 Å². The van der Waals surface area contributed by atoms with Crippen LogP contribution < -0.4 is 10.6 Å². The topological polar surface area (TPSA) is 36.4 Å². The molecule has 3 nitrogen and oxygen atoms in total. The van der Waals surface area contributed by atoms with E-state index in [1.807, 2.05) is 14.0 Å². The highest BCUT2D eigenvalue weighted by atomic mass is 15.0. The van der Waals surface area contributed by atoms with Gasteiger partial charge < -0.3 is 10.6 Å². The molecule has 3 heteroatoms. The molecule has 0 unspecified atom stereocenters. The lowest BCUT2D eigenvalue weighted by Gasteiger charge is -2.08. The van der Waals surface area contributed by atoms with E-state index in [-0.39, 0.29) is 0 Å². The lowest BCUT2D eigenvalue weighted by Crippen LogP contribution is -2.11. The van der Waals surface area contributed by atoms with E-state index in [9.17, 15) is 0 Å². The van der Waals surface area contributed by atoms with Crippen molar-refractivity contribution in [3.05, 3.63) is 42.2 Å². The fraction of sp³-hybridized carbons (Fsp3) is 0.400. The molecule has 0 aromatic heterocycles. The third kappa shape index (κ3) is 5.04. The second kappa shape index (κ2) is 7.54. The minimum absolute atomic E-state index is 0.735. The first-order valence-electron chi connectivity index (χ1n) is 6.39. The van der Waals surface area contributed by atoms with Crippen molar-refractivity contribution in [2.45, 2.75) is 33.2 Å². The third-order valence-corrected chi connectivity index (χ3v) is 2.68. The zero-order valence-corrected chi connectivity index (χ0v) is 11.6. The van der Waals surface area contributed by atoms with Crippen molar-refractivity contribution in [2.75, 3.05) is 12.4 Å². The second-order valence-electron chi connectivity index (χ2n) is 4.34. The molecule has 0 aliphatic rings. The van der Waals surface area contributed by atoms with Crippen molar-refractivity contribution in [1.29, 1.82) is 0 Å². The summed E-state index contributed by atoms with van der Waals surface area (Å²) in [7, 11) is 1.92. The average molecular weight is 245 g/mol. The predicted molar refractivity (Wildman–Crippen MR) is 80.0 cm³/mol. The van der Waals surface area contributed by atoms with Gasteiger partial charge in [0, 0.05) is 25.0 Å². The van der Waals surface area contributed by atoms with Crippen LogP contribution in [0.4, 0.5) is 5.69 Å². The molecule has 1 aromatic carbocycles. The Labute approximate surface area is 110 Å². The standard InChI is InChI=1S/C15H23N3/c1-5-6-12(2)18-13(3)17-11-14-7-9-15(16-4)10-8-14/h7-10,16-17H,3,5-6,11H2,1-2,4H3/b18-12-. The number of anilines is 1. The highest BCUT2D eigenvalue weighted by Crippen LogP contribution is 2.08. The third-order valence-electron chi connectivity index (χ3n) is 2.68. The van der Waals surface area contributed by atoms with Gasteiger partial charge in [0.1, 0.15) is 5.82 Å². The van der Waals surface area contributed by atoms with Gasteiger partial charge in [-0.15, -0.1) is 0 Å². The first-order chi connectivity index (χ1) is 8.65. The summed E-state index contributed by atoms with van der Waals surface area (Å²) in [6.45, 7) is 8.86. The molecule has 0 amide bonds. The first kappa shape index (κ1) is 14.3. The van der Waals surface area contributed by atoms with Crippen LogP contribution in [0.5, 0.6) is 0 Å². The van der Waals surface area contributed by atoms with Crippen molar-refractivity contribution in [3.8, 4) is 0 Å². The fourth-order valence-corrected chi connectivity index (χ4v) is 1.68. The maximum absolute atomic E-state index is 4.41. The maximum Gasteiger partial charge on any atom is 0.118 e. The van der Waals surface area contributed by atoms with Crippen molar-refractivity contribution in [2.24, 2.45) is 4.99 Å². The van der Waals surface area contributed by atoms with Crippen LogP contribution in [0, 0.1) is 0 Å². The van der Waals surface area contributed by atoms with E-state index in [1.54, 1.807) is 0 Å². The number of nitrogens with one attached hydrogen (secondary N) is 2. The van der Waals surface area contributed by atoms with E-state index >= 15 is 0 Å². The molecular formula is C15H23N3. The molecule has 0 atom stereocenters. The number of hydrogen-bond donors (Lipinski definition) is 2. The second-order valence-corrected chi connectivity index (χ2v) is 4.34. The highest BCUT2D eigenvalue weighted by molar-refractivity contribution is 5.82. The first-order valence-corrected chi connectivity index (χ1v) is 6.39. The van der Waals surface area contributed by atoms with Crippen LogP contribution in [0.15, 0.2) is 41.7 Å². The molecule has 0 bridgehead atoms. The van der Waals surface area contributed by atoms with Crippen LogP contribution in [-0.4, -0.2) is 12.8 Å². The SMILES string of the molecule is C=C(/N=C(/C)CCC)NCc1ccc(NC)cc1. The molecule has 1 aromatic rings. The number of rotatable bonds is 7. The van der Waals surface area contributed by atoms with Crippen LogP contribution in [0.1, 0.15) is 32.3 Å². The number of hydrogen-bond acceptors (Lipinski definition) is 3. The van der Waals surface area contributed by atoms with Crippen molar-refractivity contribution in [1.82, 2.24) is 5.32 Å². The summed E-state index contributed by atoms with van der Waals surface area (Å²) in [6, 6.07) is 8.31. The van der Waals surface area contributed by atoms with Crippen LogP contribution in [0.2, 0.25) is 0 Å². The average Bonchev–Trinajstić information content (AvgIpc) is 2.37. The van der Waals surface area contributed by atoms with Crippen molar-refractivity contribution < 1.29 is 0 Å². The monoisotopic (exact) mass is 245 g/mol. The maximum atomic E-state index is 4.41. The molecule has 0 saturated heterocycles. The zero-order valence-electron chi connectivity index (χ0n) is 11.6. The van der Waals surface area contributed by atoms with E-state index < -0.39 is 0 Å². The van der Waals surface area contributed by atoms with Gasteiger partial charge in [0.05, 0.1) is 0 Å². The molecule has 98 valence electrons. The van der Waals surface area contributed by atoms with Gasteiger partial charge in [-0.3, -0.25) is 0 Å². The predicted octanol–water partition coefficient (Wildman–Crippen LogP) is 3.55. The Hall–Kier alpha value is -1.77. The van der Waals surface area contributed by atoms with Gasteiger partial charge in [0.15, 0.2) is 0 Å². The summed E-state index contributed by atoms with van der Waals surface area (Å²) in [4.78, 5) is 4.41. The largest absolute Gasteiger partial charge is 0.388 e. The van der Waals surface area contributed by atoms with Crippen molar-refractivity contribution >= 4 is 11.4 Å². The molecule has 0 aliphatic heterocycles. The zero-order chi connectivity index (χ0) is 13.4. The molecule has 1 rings (SSSR count). The van der Waals surface area contributed by atoms with Crippen molar-refractivity contribution in [3.63, 3.8) is 0 Å². The quantitative estimate of drug-likeness (QED) is 0.721. The fourth-order valence-electron chi connectivity index (χ4n) is 1.68. The lowest BCUT2D eigenvalue weighted by molar-refractivity contribution is 0.801. The highest BCUT2D eigenvalue weighted by Gasteiger charge is 1.95. The molecule has 0 heterocycles. The molecule has 0 fully saturated rings. The van der Waals surface area contributed by atoms with E-state index in [4.69, 9.17) is 0 Å². The van der Waals surface area contributed by atoms with E-state index in [1.165, 1.54) is 5.56 Å². The molecule has 0 aliphatic carbocycles. The van der Waals surface area contributed by atoms with E-state index in [2.05, 4.69) is 53.4 Å². The Morgan fingerprint density at radius 3 is 2.50 bits per heavy atom. The summed E-state index contributed by atoms with van der Waals surface area (Å²) in [5.41, 5.74) is 3.47. The number of aliphatic imine (C=N–C) groups is 1. The minimum Gasteiger partial charge on any atom is -0.388 e. The summed E-state index contributed by atoms with van der Waals surface area (Å²) in [5.74, 6) is 0.735. The smallest absolute Gasteiger partial charge is 0.118 e. The van der Waals surface area contributed by atoms with Crippen LogP contribution in [-0.2, 0) is 6.54 Å². The van der Waals surface area contributed by atoms with Gasteiger partial charge in [-0.1, -0.05) is 32.1 Å². The summed E-state index contributed by atoms with van der Waals surface area (Å²) < 4.78 is 0. The molecule has 2 N–H and O–H groups in total. The van der Waals surface area contributed by atoms with E-state index in [0.29, 0.717) is 0 Å². The molecule has 0 saturated carbocycles. The summed E-state index contributed by atoms with van der Waals surface area (Å²) in [5, 5.41) is 6.32. The normalized spacial score (nSPS) is 11.2. The molecular weight excluding hydrogens is 222 g/mol. The number of benzene rings is 1. The summed E-state index contributed by atoms with van der Waals surface area (Å²) >= 11 is 0. The van der Waals surface area contributed by atoms with Crippen LogP contribution in [0.25, 0.3) is 0 Å².